The van der Waals surface area contributed by atoms with Crippen molar-refractivity contribution >= 4 is 35.4 Å². The first-order valence-electron chi connectivity index (χ1n) is 8.71. The Hall–Kier alpha value is -3.26. The molecule has 0 aliphatic carbocycles. The maximum absolute atomic E-state index is 10.9. The number of aromatic nitrogens is 4. The number of H-pyrrole nitrogens is 2. The molecule has 14 nitrogen and oxygen atoms in total. The fourth-order valence-electron chi connectivity index (χ4n) is 1.94. The van der Waals surface area contributed by atoms with Crippen LogP contribution in [0.1, 0.15) is 24.5 Å². The minimum atomic E-state index is -1.14. The zero-order chi connectivity index (χ0) is 22.5. The number of carboxylic acid groups (broad SMARTS) is 2. The Labute approximate surface area is 187 Å². The number of nitrogens with one attached hydrogen (secondary N) is 4. The van der Waals surface area contributed by atoms with Gasteiger partial charge in [0.05, 0.1) is 13.1 Å². The van der Waals surface area contributed by atoms with Crippen LogP contribution in [0.4, 0.5) is 11.6 Å². The maximum Gasteiger partial charge on any atom is 2.00 e. The average molecular weight is 486 g/mol. The van der Waals surface area contributed by atoms with Gasteiger partial charge in [0.1, 0.15) is 11.6 Å². The van der Waals surface area contributed by atoms with Gasteiger partial charge in [0.25, 0.3) is 0 Å². The summed E-state index contributed by atoms with van der Waals surface area (Å²) in [5.41, 5.74) is 10.2. The molecule has 2 aromatic rings. The van der Waals surface area contributed by atoms with Gasteiger partial charge in [-0.15, -0.1) is 0 Å². The summed E-state index contributed by atoms with van der Waals surface area (Å²) in [6.07, 6.45) is 3.19. The molecule has 0 unspecified atom stereocenters. The molecule has 0 saturated heterocycles. The fourth-order valence-corrected chi connectivity index (χ4v) is 1.94. The fraction of sp³-hybridized carbons (Fsp3) is 0.375. The molecule has 173 valence electrons. The van der Waals surface area contributed by atoms with Crippen LogP contribution in [0, 0.1) is 0 Å². The van der Waals surface area contributed by atoms with Crippen molar-refractivity contribution in [1.29, 1.82) is 0 Å². The molecule has 31 heavy (non-hydrogen) atoms. The predicted molar refractivity (Wildman–Crippen MR) is 99.2 cm³/mol. The molecule has 8 N–H and O–H groups in total. The van der Waals surface area contributed by atoms with Crippen LogP contribution in [0.3, 0.4) is 0 Å². The van der Waals surface area contributed by atoms with Crippen LogP contribution in [-0.4, -0.2) is 56.8 Å². The number of nitrogens with two attached hydrogens (primary N) is 2. The Morgan fingerprint density at radius 3 is 1.45 bits per heavy atom. The van der Waals surface area contributed by atoms with E-state index in [1.807, 2.05) is 0 Å². The zero-order valence-electron chi connectivity index (χ0n) is 16.2. The van der Waals surface area contributed by atoms with Crippen LogP contribution in [0.15, 0.2) is 12.4 Å². The van der Waals surface area contributed by atoms with Crippen LogP contribution < -0.4 is 32.3 Å². The third kappa shape index (κ3) is 12.1. The Morgan fingerprint density at radius 1 is 0.806 bits per heavy atom. The summed E-state index contributed by atoms with van der Waals surface area (Å²) in [5.74, 6) is -1.37. The number of hydrogen-bond acceptors (Lipinski definition) is 10. The van der Waals surface area contributed by atoms with Crippen LogP contribution in [0.2, 0.25) is 0 Å². The van der Waals surface area contributed by atoms with E-state index in [4.69, 9.17) is 11.5 Å². The summed E-state index contributed by atoms with van der Waals surface area (Å²) < 4.78 is 0. The van der Waals surface area contributed by atoms with Gasteiger partial charge in [-0.25, -0.2) is 9.97 Å². The molecule has 0 spiro atoms. The summed E-state index contributed by atoms with van der Waals surface area (Å²) in [7, 11) is 0. The number of imidazole rings is 2. The van der Waals surface area contributed by atoms with Crippen LogP contribution in [-0.2, 0) is 49.1 Å². The number of carboxylic acids is 2. The second-order valence-corrected chi connectivity index (χ2v) is 5.71. The number of hydrogen-bond donors (Lipinski definition) is 6. The first-order valence-corrected chi connectivity index (χ1v) is 8.71. The van der Waals surface area contributed by atoms with Gasteiger partial charge in [0.2, 0.25) is 11.8 Å². The second-order valence-electron chi connectivity index (χ2n) is 5.71. The summed E-state index contributed by atoms with van der Waals surface area (Å²) in [4.78, 5) is 55.4. The maximum atomic E-state index is 10.9. The molecule has 0 saturated carbocycles. The minimum Gasteiger partial charge on any atom is -0.550 e. The predicted octanol–water partition coefficient (Wildman–Crippen LogP) is -4.02. The van der Waals surface area contributed by atoms with E-state index >= 15 is 0 Å². The molecule has 2 amide bonds. The third-order valence-electron chi connectivity index (χ3n) is 3.30. The van der Waals surface area contributed by atoms with E-state index in [0.29, 0.717) is 23.3 Å². The number of carbonyl (C=O) groups excluding carboxylic acids is 4. The summed E-state index contributed by atoms with van der Waals surface area (Å²) in [6.45, 7) is -0.248. The summed E-state index contributed by atoms with van der Waals surface area (Å²) in [5, 5.41) is 25.2. The van der Waals surface area contributed by atoms with Crippen molar-refractivity contribution < 1.29 is 46.5 Å². The van der Waals surface area contributed by atoms with Crippen molar-refractivity contribution in [2.45, 2.75) is 25.7 Å². The second kappa shape index (κ2) is 14.7. The van der Waals surface area contributed by atoms with Crippen molar-refractivity contribution in [3.05, 3.63) is 24.0 Å². The number of carbonyl (C=O) groups is 4. The molecule has 0 aliphatic rings. The van der Waals surface area contributed by atoms with Gasteiger partial charge in [-0.05, 0) is 12.8 Å². The molecule has 0 fully saturated rings. The first-order chi connectivity index (χ1) is 14.2. The molecular formula is C16H22CuN8O6. The third-order valence-corrected chi connectivity index (χ3v) is 3.30. The van der Waals surface area contributed by atoms with Crippen molar-refractivity contribution in [3.8, 4) is 0 Å². The van der Waals surface area contributed by atoms with Gasteiger partial charge < -0.3 is 51.9 Å². The quantitative estimate of drug-likeness (QED) is 0.178. The average Bonchev–Trinajstić information content (AvgIpc) is 3.34. The normalized spacial score (nSPS) is 9.61. The molecule has 0 aliphatic heterocycles. The molecule has 15 heteroatoms. The van der Waals surface area contributed by atoms with Gasteiger partial charge >= 0.3 is 17.1 Å². The van der Waals surface area contributed by atoms with Crippen molar-refractivity contribution in [2.75, 3.05) is 23.7 Å². The van der Waals surface area contributed by atoms with E-state index in [-0.39, 0.29) is 67.7 Å². The van der Waals surface area contributed by atoms with Crippen LogP contribution in [0.25, 0.3) is 0 Å². The Morgan fingerprint density at radius 2 is 1.16 bits per heavy atom. The number of aryl methyl sites for hydroxylation is 2. The Kier molecular flexibility index (Phi) is 13.1. The smallest absolute Gasteiger partial charge is 0.550 e. The van der Waals surface area contributed by atoms with E-state index in [0.717, 1.165) is 0 Å². The number of anilines is 2. The van der Waals surface area contributed by atoms with E-state index < -0.39 is 11.9 Å². The zero-order valence-corrected chi connectivity index (χ0v) is 17.1. The van der Waals surface area contributed by atoms with E-state index in [1.54, 1.807) is 0 Å². The first kappa shape index (κ1) is 27.7. The van der Waals surface area contributed by atoms with Crippen molar-refractivity contribution in [2.24, 2.45) is 11.5 Å². The number of rotatable bonds is 10. The standard InChI is InChI=1S/2C8H12N4O3.Cu/c2*9-3-7(13)12-6-4-10-5(11-6)1-2-8(14)15;/h2*4H,1-3,9H2,(H,10,11)(H,12,13)(H,14,15);/q;;+2/p-2. The molecule has 2 heterocycles. The molecular weight excluding hydrogens is 464 g/mol. The van der Waals surface area contributed by atoms with Crippen molar-refractivity contribution in [1.82, 2.24) is 19.9 Å². The number of amides is 2. The SMILES string of the molecule is NCC(=O)Nc1c[nH]c(CCC(=O)[O-])n1.NCC(=O)Nc1c[nH]c(CCC(=O)[O-])n1.[Cu+2]. The van der Waals surface area contributed by atoms with Crippen molar-refractivity contribution in [3.63, 3.8) is 0 Å². The largest absolute Gasteiger partial charge is 2.00 e. The molecule has 2 aromatic heterocycles. The molecule has 0 bridgehead atoms. The molecule has 2 rings (SSSR count). The van der Waals surface area contributed by atoms with E-state index in [1.165, 1.54) is 12.4 Å². The molecule has 1 radical (unpaired) electrons. The van der Waals surface area contributed by atoms with Gasteiger partial charge in [-0.2, -0.15) is 0 Å². The topological polar surface area (TPSA) is 248 Å². The van der Waals surface area contributed by atoms with E-state index in [2.05, 4.69) is 30.6 Å². The van der Waals surface area contributed by atoms with Gasteiger partial charge in [-0.3, -0.25) is 9.59 Å². The van der Waals surface area contributed by atoms with Gasteiger partial charge in [0.15, 0.2) is 11.6 Å². The summed E-state index contributed by atoms with van der Waals surface area (Å²) in [6, 6.07) is 0. The Bertz CT molecular complexity index is 798. The van der Waals surface area contributed by atoms with Crippen LogP contribution >= 0.6 is 0 Å². The Balaban J connectivity index is 0.000000562. The van der Waals surface area contributed by atoms with Gasteiger partial charge in [-0.1, -0.05) is 0 Å². The number of nitrogens with zero attached hydrogens (tertiary/aromatic N) is 2. The number of aliphatic carboxylic acids is 2. The van der Waals surface area contributed by atoms with Gasteiger partial charge in [0, 0.05) is 37.2 Å². The monoisotopic (exact) mass is 485 g/mol. The molecule has 0 atom stereocenters. The minimum absolute atomic E-state index is 0. The molecule has 0 aromatic carbocycles. The van der Waals surface area contributed by atoms with Crippen LogP contribution in [0.5, 0.6) is 0 Å². The summed E-state index contributed by atoms with van der Waals surface area (Å²) >= 11 is 0. The van der Waals surface area contributed by atoms with E-state index in [9.17, 15) is 29.4 Å². The number of aromatic amines is 2.